The summed E-state index contributed by atoms with van der Waals surface area (Å²) in [7, 11) is -1.43. The van der Waals surface area contributed by atoms with E-state index >= 15 is 0 Å². The number of nitrogens with zero attached hydrogens (tertiary/aromatic N) is 3. The van der Waals surface area contributed by atoms with Crippen molar-refractivity contribution >= 4 is 22.4 Å². The van der Waals surface area contributed by atoms with Gasteiger partial charge in [-0.1, -0.05) is 12.1 Å². The highest BCUT2D eigenvalue weighted by atomic mass is 35.5. The molecule has 0 bridgehead atoms. The van der Waals surface area contributed by atoms with E-state index in [1.54, 1.807) is 19.1 Å². The lowest BCUT2D eigenvalue weighted by molar-refractivity contribution is 0.190. The van der Waals surface area contributed by atoms with Crippen molar-refractivity contribution < 1.29 is 12.9 Å². The zero-order chi connectivity index (χ0) is 17.2. The van der Waals surface area contributed by atoms with E-state index < -0.39 is 10.0 Å². The van der Waals surface area contributed by atoms with E-state index in [0.29, 0.717) is 23.8 Å². The summed E-state index contributed by atoms with van der Waals surface area (Å²) in [6.45, 7) is 4.73. The van der Waals surface area contributed by atoms with E-state index in [1.807, 2.05) is 7.05 Å². The van der Waals surface area contributed by atoms with Gasteiger partial charge in [-0.2, -0.15) is 4.98 Å². The molecule has 2 heterocycles. The van der Waals surface area contributed by atoms with Gasteiger partial charge < -0.3 is 9.84 Å². The molecule has 1 aromatic carbocycles. The third kappa shape index (κ3) is 4.36. The van der Waals surface area contributed by atoms with E-state index in [4.69, 9.17) is 4.52 Å². The molecule has 2 N–H and O–H groups in total. The van der Waals surface area contributed by atoms with Crippen LogP contribution in [-0.4, -0.2) is 56.7 Å². The van der Waals surface area contributed by atoms with Gasteiger partial charge in [0.1, 0.15) is 0 Å². The largest absolute Gasteiger partial charge is 0.334 e. The average Bonchev–Trinajstić information content (AvgIpc) is 3.05. The Balaban J connectivity index is 0.00000225. The highest BCUT2D eigenvalue weighted by Gasteiger charge is 2.25. The van der Waals surface area contributed by atoms with Crippen LogP contribution < -0.4 is 10.0 Å². The topological polar surface area (TPSA) is 100 Å². The Morgan fingerprint density at radius 3 is 2.72 bits per heavy atom. The van der Waals surface area contributed by atoms with Crippen LogP contribution >= 0.6 is 12.4 Å². The Hall–Kier alpha value is -1.52. The van der Waals surface area contributed by atoms with Crippen LogP contribution in [0.25, 0.3) is 11.5 Å². The van der Waals surface area contributed by atoms with Gasteiger partial charge >= 0.3 is 0 Å². The number of benzene rings is 1. The van der Waals surface area contributed by atoms with Gasteiger partial charge in [0.05, 0.1) is 10.9 Å². The zero-order valence-corrected chi connectivity index (χ0v) is 15.7. The van der Waals surface area contributed by atoms with E-state index in [2.05, 4.69) is 25.1 Å². The summed E-state index contributed by atoms with van der Waals surface area (Å²) in [4.78, 5) is 6.85. The average molecular weight is 388 g/mol. The molecule has 8 nitrogen and oxygen atoms in total. The summed E-state index contributed by atoms with van der Waals surface area (Å²) in [5, 5.41) is 7.38. The number of hydrogen-bond donors (Lipinski definition) is 2. The van der Waals surface area contributed by atoms with E-state index in [0.717, 1.165) is 19.6 Å². The molecule has 10 heteroatoms. The molecule has 0 amide bonds. The molecule has 1 aromatic heterocycles. The number of piperazine rings is 1. The van der Waals surface area contributed by atoms with Gasteiger partial charge in [0, 0.05) is 31.7 Å². The second kappa shape index (κ2) is 8.24. The molecule has 0 aliphatic carbocycles. The third-order valence-electron chi connectivity index (χ3n) is 4.00. The lowest BCUT2D eigenvalue weighted by Gasteiger charge is -2.30. The van der Waals surface area contributed by atoms with Gasteiger partial charge in [0.25, 0.3) is 5.89 Å². The molecule has 1 saturated heterocycles. The minimum Gasteiger partial charge on any atom is -0.334 e. The molecular weight excluding hydrogens is 366 g/mol. The number of halogens is 1. The summed E-state index contributed by atoms with van der Waals surface area (Å²) >= 11 is 0. The molecule has 0 spiro atoms. The highest BCUT2D eigenvalue weighted by Crippen LogP contribution is 2.23. The summed E-state index contributed by atoms with van der Waals surface area (Å²) in [5.41, 5.74) is 0.690. The monoisotopic (exact) mass is 387 g/mol. The Kier molecular flexibility index (Phi) is 6.53. The molecule has 1 aliphatic rings. The van der Waals surface area contributed by atoms with Crippen LogP contribution in [-0.2, 0) is 10.0 Å². The lowest BCUT2D eigenvalue weighted by Crippen LogP contribution is -2.44. The van der Waals surface area contributed by atoms with E-state index in [-0.39, 0.29) is 23.3 Å². The Bertz CT molecular complexity index is 794. The van der Waals surface area contributed by atoms with Crippen LogP contribution in [0.5, 0.6) is 0 Å². The van der Waals surface area contributed by atoms with Crippen molar-refractivity contribution in [3.8, 4) is 11.5 Å². The fourth-order valence-corrected chi connectivity index (χ4v) is 3.67. The fourth-order valence-electron chi connectivity index (χ4n) is 2.63. The lowest BCUT2D eigenvalue weighted by atomic mass is 10.2. The van der Waals surface area contributed by atoms with Crippen LogP contribution in [0, 0.1) is 0 Å². The molecule has 3 rings (SSSR count). The van der Waals surface area contributed by atoms with Gasteiger partial charge in [-0.3, -0.25) is 4.90 Å². The summed E-state index contributed by atoms with van der Waals surface area (Å²) in [6.07, 6.45) is 0. The molecule has 1 unspecified atom stereocenters. The number of hydrogen-bond acceptors (Lipinski definition) is 7. The predicted octanol–water partition coefficient (Wildman–Crippen LogP) is 1.03. The number of aromatic nitrogens is 2. The molecule has 1 fully saturated rings. The van der Waals surface area contributed by atoms with Gasteiger partial charge in [-0.15, -0.1) is 12.4 Å². The molecule has 1 atom stereocenters. The molecule has 2 aromatic rings. The van der Waals surface area contributed by atoms with E-state index in [9.17, 15) is 8.42 Å². The third-order valence-corrected chi connectivity index (χ3v) is 5.56. The second-order valence-electron chi connectivity index (χ2n) is 5.68. The standard InChI is InChI=1S/C15H21N5O3S.ClH/c1-3-17-24(21,22)12-6-4-11(5-7-12)15-18-14(19-23-15)13-10-16-8-9-20(13)2;/h4-7,13,16-17H,3,8-10H2,1-2H3;1H. The first-order valence-electron chi connectivity index (χ1n) is 7.86. The van der Waals surface area contributed by atoms with Crippen LogP contribution in [0.1, 0.15) is 18.8 Å². The summed E-state index contributed by atoms with van der Waals surface area (Å²) < 4.78 is 31.7. The van der Waals surface area contributed by atoms with Crippen molar-refractivity contribution in [3.05, 3.63) is 30.1 Å². The normalized spacial score (nSPS) is 18.7. The molecule has 1 aliphatic heterocycles. The summed E-state index contributed by atoms with van der Waals surface area (Å²) in [6, 6.07) is 6.48. The Morgan fingerprint density at radius 2 is 2.08 bits per heavy atom. The van der Waals surface area contributed by atoms with Gasteiger partial charge in [0.2, 0.25) is 10.0 Å². The van der Waals surface area contributed by atoms with Crippen LogP contribution in [0.15, 0.2) is 33.7 Å². The smallest absolute Gasteiger partial charge is 0.257 e. The second-order valence-corrected chi connectivity index (χ2v) is 7.45. The van der Waals surface area contributed by atoms with Crippen LogP contribution in [0.3, 0.4) is 0 Å². The maximum atomic E-state index is 12.0. The first-order valence-corrected chi connectivity index (χ1v) is 9.34. The fraction of sp³-hybridized carbons (Fsp3) is 0.467. The maximum absolute atomic E-state index is 12.0. The molecule has 0 saturated carbocycles. The Labute approximate surface area is 153 Å². The van der Waals surface area contributed by atoms with E-state index in [1.165, 1.54) is 12.1 Å². The number of sulfonamides is 1. The summed E-state index contributed by atoms with van der Waals surface area (Å²) in [5.74, 6) is 1.01. The predicted molar refractivity (Wildman–Crippen MR) is 96.1 cm³/mol. The minimum atomic E-state index is -3.46. The molecule has 25 heavy (non-hydrogen) atoms. The quantitative estimate of drug-likeness (QED) is 0.790. The highest BCUT2D eigenvalue weighted by molar-refractivity contribution is 7.89. The number of nitrogens with one attached hydrogen (secondary N) is 2. The van der Waals surface area contributed by atoms with Gasteiger partial charge in [-0.25, -0.2) is 13.1 Å². The van der Waals surface area contributed by atoms with Crippen LogP contribution in [0.2, 0.25) is 0 Å². The zero-order valence-electron chi connectivity index (χ0n) is 14.1. The van der Waals surface area contributed by atoms with Crippen molar-refractivity contribution in [1.82, 2.24) is 25.1 Å². The SMILES string of the molecule is CCNS(=O)(=O)c1ccc(-c2nc(C3CNCCN3C)no2)cc1.Cl. The molecule has 138 valence electrons. The van der Waals surface area contributed by atoms with Crippen molar-refractivity contribution in [3.63, 3.8) is 0 Å². The van der Waals surface area contributed by atoms with Crippen molar-refractivity contribution in [2.24, 2.45) is 0 Å². The van der Waals surface area contributed by atoms with Gasteiger partial charge in [-0.05, 0) is 31.3 Å². The van der Waals surface area contributed by atoms with Crippen molar-refractivity contribution in [2.75, 3.05) is 33.2 Å². The van der Waals surface area contributed by atoms with Gasteiger partial charge in [0.15, 0.2) is 5.82 Å². The Morgan fingerprint density at radius 1 is 1.36 bits per heavy atom. The number of likely N-dealkylation sites (N-methyl/N-ethyl adjacent to an activating group) is 1. The van der Waals surface area contributed by atoms with Crippen molar-refractivity contribution in [2.45, 2.75) is 17.9 Å². The first-order chi connectivity index (χ1) is 11.5. The van der Waals surface area contributed by atoms with Crippen molar-refractivity contribution in [1.29, 1.82) is 0 Å². The van der Waals surface area contributed by atoms with Crippen LogP contribution in [0.4, 0.5) is 0 Å². The minimum absolute atomic E-state index is 0. The molecular formula is C15H22ClN5O3S. The number of rotatable bonds is 5. The molecule has 0 radical (unpaired) electrons. The first kappa shape index (κ1) is 19.8. The maximum Gasteiger partial charge on any atom is 0.257 e.